The molecule has 144 valence electrons. The summed E-state index contributed by atoms with van der Waals surface area (Å²) >= 11 is 5.85. The maximum absolute atomic E-state index is 12.4. The van der Waals surface area contributed by atoms with Gasteiger partial charge in [-0.3, -0.25) is 4.79 Å². The summed E-state index contributed by atoms with van der Waals surface area (Å²) in [4.78, 5) is 29.5. The molecule has 0 spiro atoms. The number of nitrogens with one attached hydrogen (secondary N) is 1. The van der Waals surface area contributed by atoms with E-state index in [0.29, 0.717) is 5.02 Å². The smallest absolute Gasteiger partial charge is 0.239 e. The Morgan fingerprint density at radius 2 is 2.04 bits per heavy atom. The number of aromatic nitrogens is 3. The molecule has 1 saturated heterocycles. The van der Waals surface area contributed by atoms with E-state index in [1.165, 1.54) is 0 Å². The molecule has 2 aromatic rings. The number of hydrogen-bond donors (Lipinski definition) is 1. The molecule has 0 aliphatic carbocycles. The van der Waals surface area contributed by atoms with Crippen LogP contribution in [0.2, 0.25) is 5.02 Å². The van der Waals surface area contributed by atoms with Crippen LogP contribution >= 0.6 is 11.6 Å². The molecule has 2 aromatic heterocycles. The number of carbonyl (C=O) groups is 1. The van der Waals surface area contributed by atoms with Crippen LogP contribution in [0.4, 0.5) is 11.6 Å². The van der Waals surface area contributed by atoms with Gasteiger partial charge in [0.05, 0.1) is 11.6 Å². The van der Waals surface area contributed by atoms with Gasteiger partial charge in [-0.15, -0.1) is 0 Å². The van der Waals surface area contributed by atoms with E-state index >= 15 is 0 Å². The van der Waals surface area contributed by atoms with Crippen molar-refractivity contribution in [2.24, 2.45) is 0 Å². The summed E-state index contributed by atoms with van der Waals surface area (Å²) in [5.74, 6) is 2.48. The Bertz CT molecular complexity index is 769. The Hall–Kier alpha value is -2.41. The molecule has 0 saturated carbocycles. The highest BCUT2D eigenvalue weighted by Gasteiger charge is 2.22. The first-order valence-electron chi connectivity index (χ1n) is 9.10. The van der Waals surface area contributed by atoms with Gasteiger partial charge in [0, 0.05) is 44.1 Å². The van der Waals surface area contributed by atoms with Crippen LogP contribution in [-0.2, 0) is 4.79 Å². The number of rotatable bonds is 5. The second-order valence-corrected chi connectivity index (χ2v) is 7.37. The largest absolute Gasteiger partial charge is 0.356 e. The molecule has 0 aromatic carbocycles. The number of carbonyl (C=O) groups excluding carboxylic acids is 1. The number of amides is 1. The minimum atomic E-state index is 0.00132. The highest BCUT2D eigenvalue weighted by molar-refractivity contribution is 6.30. The average molecular weight is 389 g/mol. The average Bonchev–Trinajstić information content (AvgIpc) is 2.62. The van der Waals surface area contributed by atoms with Crippen LogP contribution in [-0.4, -0.2) is 53.6 Å². The lowest BCUT2D eigenvalue weighted by molar-refractivity contribution is -0.120. The molecule has 0 unspecified atom stereocenters. The summed E-state index contributed by atoms with van der Waals surface area (Å²) in [6.07, 6.45) is 3.38. The van der Waals surface area contributed by atoms with Crippen molar-refractivity contribution in [3.8, 4) is 0 Å². The molecule has 1 aliphatic heterocycles. The van der Waals surface area contributed by atoms with Gasteiger partial charge in [-0.05, 0) is 38.8 Å². The van der Waals surface area contributed by atoms with Crippen LogP contribution in [0.15, 0.2) is 24.4 Å². The van der Waals surface area contributed by atoms with Crippen molar-refractivity contribution in [3.63, 3.8) is 0 Å². The molecule has 0 atom stereocenters. The van der Waals surface area contributed by atoms with Gasteiger partial charge in [0.15, 0.2) is 0 Å². The third-order valence-electron chi connectivity index (χ3n) is 4.62. The molecule has 0 bridgehead atoms. The number of anilines is 2. The van der Waals surface area contributed by atoms with Gasteiger partial charge in [0.1, 0.15) is 17.5 Å². The van der Waals surface area contributed by atoms with Crippen molar-refractivity contribution in [1.82, 2.24) is 20.3 Å². The first-order chi connectivity index (χ1) is 12.9. The first kappa shape index (κ1) is 19.4. The van der Waals surface area contributed by atoms with E-state index in [9.17, 15) is 4.79 Å². The standard InChI is InChI=1S/C19H25ClN6O/c1-13-10-18(23-14(2)22-13)26-8-6-16(7-9-26)24-19(27)12-25(3)17-5-4-15(20)11-21-17/h4-5,10-11,16H,6-9,12H2,1-3H3,(H,24,27). The summed E-state index contributed by atoms with van der Waals surface area (Å²) in [6, 6.07) is 5.77. The monoisotopic (exact) mass is 388 g/mol. The molecule has 3 rings (SSSR count). The van der Waals surface area contributed by atoms with Gasteiger partial charge in [-0.2, -0.15) is 0 Å². The van der Waals surface area contributed by atoms with Crippen molar-refractivity contribution in [2.45, 2.75) is 32.7 Å². The maximum atomic E-state index is 12.4. The highest BCUT2D eigenvalue weighted by atomic mass is 35.5. The highest BCUT2D eigenvalue weighted by Crippen LogP contribution is 2.19. The van der Waals surface area contributed by atoms with Crippen LogP contribution in [0, 0.1) is 13.8 Å². The van der Waals surface area contributed by atoms with Crippen molar-refractivity contribution in [1.29, 1.82) is 0 Å². The van der Waals surface area contributed by atoms with E-state index in [2.05, 4.69) is 25.2 Å². The fourth-order valence-corrected chi connectivity index (χ4v) is 3.39. The number of pyridine rings is 1. The van der Waals surface area contributed by atoms with Gasteiger partial charge in [0.25, 0.3) is 0 Å². The molecule has 27 heavy (non-hydrogen) atoms. The lowest BCUT2D eigenvalue weighted by Gasteiger charge is -2.33. The Labute approximate surface area is 164 Å². The number of hydrogen-bond acceptors (Lipinski definition) is 6. The summed E-state index contributed by atoms with van der Waals surface area (Å²) in [5, 5.41) is 3.71. The zero-order valence-corrected chi connectivity index (χ0v) is 16.7. The Morgan fingerprint density at radius 1 is 1.30 bits per heavy atom. The molecule has 1 aliphatic rings. The lowest BCUT2D eigenvalue weighted by atomic mass is 10.0. The number of aryl methyl sites for hydroxylation is 2. The SMILES string of the molecule is Cc1cc(N2CCC(NC(=O)CN(C)c3ccc(Cl)cn3)CC2)nc(C)n1. The minimum Gasteiger partial charge on any atom is -0.356 e. The fourth-order valence-electron chi connectivity index (χ4n) is 3.28. The Balaban J connectivity index is 1.48. The van der Waals surface area contributed by atoms with E-state index in [1.54, 1.807) is 18.3 Å². The minimum absolute atomic E-state index is 0.00132. The third-order valence-corrected chi connectivity index (χ3v) is 4.84. The van der Waals surface area contributed by atoms with Crippen molar-refractivity contribution in [3.05, 3.63) is 40.9 Å². The maximum Gasteiger partial charge on any atom is 0.239 e. The Kier molecular flexibility index (Phi) is 6.11. The molecule has 8 heteroatoms. The quantitative estimate of drug-likeness (QED) is 0.847. The predicted molar refractivity (Wildman–Crippen MR) is 107 cm³/mol. The molecule has 1 amide bonds. The predicted octanol–water partition coefficient (Wildman–Crippen LogP) is 2.36. The lowest BCUT2D eigenvalue weighted by Crippen LogP contribution is -2.47. The molecular formula is C19H25ClN6O. The second kappa shape index (κ2) is 8.52. The Morgan fingerprint density at radius 3 is 2.67 bits per heavy atom. The summed E-state index contributed by atoms with van der Waals surface area (Å²) in [6.45, 7) is 5.90. The van der Waals surface area contributed by atoms with Gasteiger partial charge in [-0.1, -0.05) is 11.6 Å². The molecule has 0 radical (unpaired) electrons. The molecule has 1 fully saturated rings. The summed E-state index contributed by atoms with van der Waals surface area (Å²) in [5.41, 5.74) is 0.978. The van der Waals surface area contributed by atoms with Crippen LogP contribution < -0.4 is 15.1 Å². The fraction of sp³-hybridized carbons (Fsp3) is 0.474. The number of likely N-dealkylation sites (N-methyl/N-ethyl adjacent to an activating group) is 1. The molecule has 7 nitrogen and oxygen atoms in total. The van der Waals surface area contributed by atoms with Crippen LogP contribution in [0.5, 0.6) is 0 Å². The van der Waals surface area contributed by atoms with Crippen molar-refractivity contribution >= 4 is 29.1 Å². The summed E-state index contributed by atoms with van der Waals surface area (Å²) < 4.78 is 0. The van der Waals surface area contributed by atoms with E-state index in [-0.39, 0.29) is 18.5 Å². The molecule has 1 N–H and O–H groups in total. The van der Waals surface area contributed by atoms with Gasteiger partial charge in [-0.25, -0.2) is 15.0 Å². The molecular weight excluding hydrogens is 364 g/mol. The van der Waals surface area contributed by atoms with Crippen LogP contribution in [0.1, 0.15) is 24.4 Å². The van der Waals surface area contributed by atoms with Crippen LogP contribution in [0.3, 0.4) is 0 Å². The zero-order chi connectivity index (χ0) is 19.4. The van der Waals surface area contributed by atoms with Crippen molar-refractivity contribution < 1.29 is 4.79 Å². The van der Waals surface area contributed by atoms with Crippen molar-refractivity contribution in [2.75, 3.05) is 36.5 Å². The topological polar surface area (TPSA) is 74.2 Å². The van der Waals surface area contributed by atoms with E-state index in [1.807, 2.05) is 31.9 Å². The van der Waals surface area contributed by atoms with Gasteiger partial charge < -0.3 is 15.1 Å². The van der Waals surface area contributed by atoms with Gasteiger partial charge >= 0.3 is 0 Å². The zero-order valence-electron chi connectivity index (χ0n) is 15.9. The molecule has 3 heterocycles. The van der Waals surface area contributed by atoms with E-state index < -0.39 is 0 Å². The van der Waals surface area contributed by atoms with Gasteiger partial charge in [0.2, 0.25) is 5.91 Å². The number of nitrogens with zero attached hydrogens (tertiary/aromatic N) is 5. The second-order valence-electron chi connectivity index (χ2n) is 6.93. The van der Waals surface area contributed by atoms with E-state index in [4.69, 9.17) is 11.6 Å². The summed E-state index contributed by atoms with van der Waals surface area (Å²) in [7, 11) is 1.85. The van der Waals surface area contributed by atoms with E-state index in [0.717, 1.165) is 49.1 Å². The number of halogens is 1. The first-order valence-corrected chi connectivity index (χ1v) is 9.48. The normalized spacial score (nSPS) is 14.9. The van der Waals surface area contributed by atoms with Crippen LogP contribution in [0.25, 0.3) is 0 Å². The third kappa shape index (κ3) is 5.29. The number of piperidine rings is 1.